The number of hydrogen-bond acceptors (Lipinski definition) is 2. The minimum atomic E-state index is -0.790. The van der Waals surface area contributed by atoms with Gasteiger partial charge < -0.3 is 10.1 Å². The minimum absolute atomic E-state index is 0.0749. The zero-order valence-electron chi connectivity index (χ0n) is 16.7. The zero-order valence-corrected chi connectivity index (χ0v) is 16.7. The Labute approximate surface area is 173 Å². The first-order valence-corrected chi connectivity index (χ1v) is 9.59. The van der Waals surface area contributed by atoms with E-state index in [2.05, 4.69) is 5.32 Å². The molecule has 0 bridgehead atoms. The van der Waals surface area contributed by atoms with Crippen LogP contribution in [0.25, 0.3) is 0 Å². The van der Waals surface area contributed by atoms with Crippen LogP contribution >= 0.6 is 0 Å². The van der Waals surface area contributed by atoms with Crippen molar-refractivity contribution in [3.63, 3.8) is 0 Å². The summed E-state index contributed by atoms with van der Waals surface area (Å²) >= 11 is 0. The Morgan fingerprint density at radius 2 is 1.40 bits per heavy atom. The molecule has 0 fully saturated rings. The van der Waals surface area contributed by atoms with Gasteiger partial charge in [0.15, 0.2) is 11.6 Å². The largest absolute Gasteiger partial charge is 0.478 e. The van der Waals surface area contributed by atoms with Crippen LogP contribution in [0.5, 0.6) is 5.75 Å². The summed E-state index contributed by atoms with van der Waals surface area (Å²) in [6, 6.07) is 15.1. The van der Waals surface area contributed by atoms with Crippen molar-refractivity contribution in [2.75, 3.05) is 6.54 Å². The van der Waals surface area contributed by atoms with Crippen molar-refractivity contribution >= 4 is 5.91 Å². The highest BCUT2D eigenvalue weighted by Gasteiger charge is 2.19. The lowest BCUT2D eigenvalue weighted by Crippen LogP contribution is -2.27. The van der Waals surface area contributed by atoms with Crippen LogP contribution in [0.4, 0.5) is 13.2 Å². The fraction of sp³-hybridized carbons (Fsp3) is 0.208. The molecule has 3 aromatic rings. The molecule has 3 nitrogen and oxygen atoms in total. The summed E-state index contributed by atoms with van der Waals surface area (Å²) < 4.78 is 47.3. The monoisotopic (exact) mass is 413 g/mol. The average molecular weight is 413 g/mol. The van der Waals surface area contributed by atoms with Crippen molar-refractivity contribution < 1.29 is 22.7 Å². The van der Waals surface area contributed by atoms with Crippen LogP contribution in [0.3, 0.4) is 0 Å². The predicted molar refractivity (Wildman–Crippen MR) is 109 cm³/mol. The summed E-state index contributed by atoms with van der Waals surface area (Å²) in [5, 5.41) is 2.73. The maximum Gasteiger partial charge on any atom is 0.251 e. The molecule has 0 unspecified atom stereocenters. The van der Waals surface area contributed by atoms with Crippen molar-refractivity contribution in [1.29, 1.82) is 0 Å². The topological polar surface area (TPSA) is 38.3 Å². The second-order valence-corrected chi connectivity index (χ2v) is 7.35. The third kappa shape index (κ3) is 5.41. The molecule has 0 aromatic heterocycles. The lowest BCUT2D eigenvalue weighted by Gasteiger charge is -2.21. The molecule has 156 valence electrons. The van der Waals surface area contributed by atoms with Crippen molar-refractivity contribution in [2.24, 2.45) is 5.92 Å². The molecule has 0 radical (unpaired) electrons. The van der Waals surface area contributed by atoms with Gasteiger partial charge in [0, 0.05) is 12.1 Å². The highest BCUT2D eigenvalue weighted by Crippen LogP contribution is 2.31. The molecule has 0 spiro atoms. The maximum atomic E-state index is 14.7. The van der Waals surface area contributed by atoms with Gasteiger partial charge in [-0.05, 0) is 59.5 Å². The zero-order chi connectivity index (χ0) is 21.7. The molecule has 1 amide bonds. The van der Waals surface area contributed by atoms with Gasteiger partial charge in [0.25, 0.3) is 5.91 Å². The Morgan fingerprint density at radius 1 is 0.867 bits per heavy atom. The molecule has 30 heavy (non-hydrogen) atoms. The molecule has 3 aromatic carbocycles. The van der Waals surface area contributed by atoms with Crippen LogP contribution in [0.2, 0.25) is 0 Å². The van der Waals surface area contributed by atoms with Crippen molar-refractivity contribution in [3.8, 4) is 5.75 Å². The van der Waals surface area contributed by atoms with Gasteiger partial charge in [0.2, 0.25) is 0 Å². The Bertz CT molecular complexity index is 956. The first kappa shape index (κ1) is 21.4. The highest BCUT2D eigenvalue weighted by molar-refractivity contribution is 5.94. The standard InChI is InChI=1S/C24H22F3NO2/c1-15(2)14-28-24(29)18-7-12-22(21(27)13-18)30-23(16-3-8-19(25)9-4-16)17-5-10-20(26)11-6-17/h3-13,15,23H,14H2,1-2H3,(H,28,29). The minimum Gasteiger partial charge on any atom is -0.478 e. The van der Waals surface area contributed by atoms with Crippen LogP contribution < -0.4 is 10.1 Å². The number of halogens is 3. The van der Waals surface area contributed by atoms with E-state index in [9.17, 15) is 18.0 Å². The van der Waals surface area contributed by atoms with E-state index in [1.165, 1.54) is 60.7 Å². The summed E-state index contributed by atoms with van der Waals surface area (Å²) in [5.41, 5.74) is 1.32. The average Bonchev–Trinajstić information content (AvgIpc) is 2.72. The second-order valence-electron chi connectivity index (χ2n) is 7.35. The molecule has 0 heterocycles. The number of rotatable bonds is 7. The van der Waals surface area contributed by atoms with Crippen LogP contribution in [-0.4, -0.2) is 12.5 Å². The molecule has 1 N–H and O–H groups in total. The van der Waals surface area contributed by atoms with Crippen LogP contribution in [0.1, 0.15) is 41.4 Å². The van der Waals surface area contributed by atoms with Crippen molar-refractivity contribution in [2.45, 2.75) is 20.0 Å². The number of carbonyl (C=O) groups excluding carboxylic acids is 1. The Morgan fingerprint density at radius 3 is 1.87 bits per heavy atom. The number of benzene rings is 3. The van der Waals surface area contributed by atoms with E-state index >= 15 is 0 Å². The first-order chi connectivity index (χ1) is 14.3. The predicted octanol–water partition coefficient (Wildman–Crippen LogP) is 5.66. The van der Waals surface area contributed by atoms with Crippen LogP contribution in [-0.2, 0) is 0 Å². The van der Waals surface area contributed by atoms with Gasteiger partial charge in [-0.3, -0.25) is 4.79 Å². The van der Waals surface area contributed by atoms with Crippen LogP contribution in [0.15, 0.2) is 66.7 Å². The highest BCUT2D eigenvalue weighted by atomic mass is 19.1. The molecule has 6 heteroatoms. The summed E-state index contributed by atoms with van der Waals surface area (Å²) in [4.78, 5) is 12.2. The smallest absolute Gasteiger partial charge is 0.251 e. The Hall–Kier alpha value is -3.28. The van der Waals surface area contributed by atoms with E-state index in [4.69, 9.17) is 4.74 Å². The molecular weight excluding hydrogens is 391 g/mol. The van der Waals surface area contributed by atoms with E-state index in [0.717, 1.165) is 6.07 Å². The van der Waals surface area contributed by atoms with Gasteiger partial charge in [-0.2, -0.15) is 0 Å². The summed E-state index contributed by atoms with van der Waals surface area (Å²) in [6.07, 6.45) is -0.790. The molecule has 3 rings (SSSR count). The van der Waals surface area contributed by atoms with Gasteiger partial charge in [-0.25, -0.2) is 13.2 Å². The molecule has 0 saturated heterocycles. The number of hydrogen-bond donors (Lipinski definition) is 1. The second kappa shape index (κ2) is 9.48. The van der Waals surface area contributed by atoms with E-state index in [1.807, 2.05) is 13.8 Å². The first-order valence-electron chi connectivity index (χ1n) is 9.59. The van der Waals surface area contributed by atoms with Gasteiger partial charge in [-0.15, -0.1) is 0 Å². The lowest BCUT2D eigenvalue weighted by atomic mass is 10.0. The number of carbonyl (C=O) groups is 1. The van der Waals surface area contributed by atoms with Crippen LogP contribution in [0, 0.1) is 23.4 Å². The molecule has 0 aliphatic heterocycles. The van der Waals surface area contributed by atoms with Gasteiger partial charge in [0.05, 0.1) is 0 Å². The van der Waals surface area contributed by atoms with Crippen molar-refractivity contribution in [3.05, 3.63) is 101 Å². The maximum absolute atomic E-state index is 14.7. The summed E-state index contributed by atoms with van der Waals surface area (Å²) in [6.45, 7) is 4.40. The molecule has 0 aliphatic carbocycles. The third-order valence-corrected chi connectivity index (χ3v) is 4.46. The van der Waals surface area contributed by atoms with E-state index < -0.39 is 23.6 Å². The lowest BCUT2D eigenvalue weighted by molar-refractivity contribution is 0.0948. The summed E-state index contributed by atoms with van der Waals surface area (Å²) in [7, 11) is 0. The fourth-order valence-electron chi connectivity index (χ4n) is 2.87. The molecule has 0 saturated carbocycles. The quantitative estimate of drug-likeness (QED) is 0.543. The molecular formula is C24H22F3NO2. The van der Waals surface area contributed by atoms with E-state index in [-0.39, 0.29) is 23.1 Å². The van der Waals surface area contributed by atoms with Crippen molar-refractivity contribution in [1.82, 2.24) is 5.32 Å². The summed E-state index contributed by atoms with van der Waals surface area (Å²) in [5.74, 6) is -1.72. The normalized spacial score (nSPS) is 11.0. The van der Waals surface area contributed by atoms with Gasteiger partial charge >= 0.3 is 0 Å². The number of nitrogens with one attached hydrogen (secondary N) is 1. The van der Waals surface area contributed by atoms with E-state index in [0.29, 0.717) is 17.7 Å². The molecule has 0 aliphatic rings. The Kier molecular flexibility index (Phi) is 6.77. The molecule has 0 atom stereocenters. The SMILES string of the molecule is CC(C)CNC(=O)c1ccc(OC(c2ccc(F)cc2)c2ccc(F)cc2)c(F)c1. The number of amides is 1. The van der Waals surface area contributed by atoms with Gasteiger partial charge in [-0.1, -0.05) is 38.1 Å². The van der Waals surface area contributed by atoms with E-state index in [1.54, 1.807) is 0 Å². The van der Waals surface area contributed by atoms with Gasteiger partial charge in [0.1, 0.15) is 17.7 Å². The fourth-order valence-corrected chi connectivity index (χ4v) is 2.87. The third-order valence-electron chi connectivity index (χ3n) is 4.46. The Balaban J connectivity index is 1.88. The number of ether oxygens (including phenoxy) is 1.